The van der Waals surface area contributed by atoms with Gasteiger partial charge in [0.2, 0.25) is 11.8 Å². The zero-order valence-electron chi connectivity index (χ0n) is 13.0. The van der Waals surface area contributed by atoms with Crippen LogP contribution in [0.25, 0.3) is 0 Å². The van der Waals surface area contributed by atoms with Gasteiger partial charge in [-0.1, -0.05) is 0 Å². The standard InChI is InChI=1S/C14H17N7O2S/c22-21(23)11-9-16-13(18-12(11)17-10-1-2-10)19-4-6-20(7-5-19)14-15-3-8-24-14/h3,8-10H,1-2,4-7H2,(H,16,17,18). The maximum Gasteiger partial charge on any atom is 0.329 e. The lowest BCUT2D eigenvalue weighted by Gasteiger charge is -2.34. The summed E-state index contributed by atoms with van der Waals surface area (Å²) >= 11 is 1.63. The lowest BCUT2D eigenvalue weighted by atomic mass is 10.3. The summed E-state index contributed by atoms with van der Waals surface area (Å²) in [6, 6.07) is 0.299. The van der Waals surface area contributed by atoms with Crippen molar-refractivity contribution in [2.75, 3.05) is 41.3 Å². The Bertz CT molecular complexity index is 727. The quantitative estimate of drug-likeness (QED) is 0.645. The molecule has 1 saturated carbocycles. The first kappa shape index (κ1) is 15.1. The van der Waals surface area contributed by atoms with Crippen LogP contribution in [0.2, 0.25) is 0 Å². The van der Waals surface area contributed by atoms with E-state index in [4.69, 9.17) is 0 Å². The van der Waals surface area contributed by atoms with E-state index in [1.54, 1.807) is 11.3 Å². The van der Waals surface area contributed by atoms with Gasteiger partial charge in [-0.05, 0) is 12.8 Å². The summed E-state index contributed by atoms with van der Waals surface area (Å²) in [6.45, 7) is 3.19. The van der Waals surface area contributed by atoms with Crippen LogP contribution in [0.4, 0.5) is 22.6 Å². The van der Waals surface area contributed by atoms with Crippen LogP contribution >= 0.6 is 11.3 Å². The van der Waals surface area contributed by atoms with Gasteiger partial charge in [0, 0.05) is 43.8 Å². The molecule has 10 heteroatoms. The highest BCUT2D eigenvalue weighted by molar-refractivity contribution is 7.13. The number of nitrogens with one attached hydrogen (secondary N) is 1. The Morgan fingerprint density at radius 2 is 1.96 bits per heavy atom. The summed E-state index contributed by atoms with van der Waals surface area (Å²) in [5.74, 6) is 0.873. The van der Waals surface area contributed by atoms with Crippen molar-refractivity contribution in [1.82, 2.24) is 15.0 Å². The van der Waals surface area contributed by atoms with Crippen molar-refractivity contribution in [2.45, 2.75) is 18.9 Å². The molecule has 126 valence electrons. The number of nitro groups is 1. The summed E-state index contributed by atoms with van der Waals surface area (Å²) in [7, 11) is 0. The monoisotopic (exact) mass is 347 g/mol. The van der Waals surface area contributed by atoms with Crippen LogP contribution in [-0.2, 0) is 0 Å². The third-order valence-electron chi connectivity index (χ3n) is 4.12. The molecule has 4 rings (SSSR count). The van der Waals surface area contributed by atoms with Crippen LogP contribution in [0.1, 0.15) is 12.8 Å². The van der Waals surface area contributed by atoms with Crippen molar-refractivity contribution in [3.63, 3.8) is 0 Å². The van der Waals surface area contributed by atoms with E-state index in [2.05, 4.69) is 30.1 Å². The van der Waals surface area contributed by atoms with E-state index in [0.717, 1.165) is 44.2 Å². The number of anilines is 3. The predicted molar refractivity (Wildman–Crippen MR) is 91.9 cm³/mol. The molecule has 2 aromatic heterocycles. The minimum absolute atomic E-state index is 0.0629. The second kappa shape index (κ2) is 6.19. The Labute approximate surface area is 142 Å². The van der Waals surface area contributed by atoms with Crippen LogP contribution in [0, 0.1) is 10.1 Å². The molecule has 2 aromatic rings. The molecule has 0 amide bonds. The van der Waals surface area contributed by atoms with Crippen molar-refractivity contribution >= 4 is 33.9 Å². The van der Waals surface area contributed by atoms with Gasteiger partial charge in [0.25, 0.3) is 0 Å². The highest BCUT2D eigenvalue weighted by atomic mass is 32.1. The Morgan fingerprint density at radius 1 is 1.21 bits per heavy atom. The number of hydrogen-bond donors (Lipinski definition) is 1. The van der Waals surface area contributed by atoms with Crippen molar-refractivity contribution in [1.29, 1.82) is 0 Å². The molecule has 0 unspecified atom stereocenters. The smallest absolute Gasteiger partial charge is 0.329 e. The van der Waals surface area contributed by atoms with Crippen molar-refractivity contribution in [3.05, 3.63) is 27.9 Å². The number of hydrogen-bond acceptors (Lipinski definition) is 9. The van der Waals surface area contributed by atoms with E-state index in [-0.39, 0.29) is 5.69 Å². The number of rotatable bonds is 5. The maximum atomic E-state index is 11.1. The van der Waals surface area contributed by atoms with E-state index in [9.17, 15) is 10.1 Å². The zero-order valence-corrected chi connectivity index (χ0v) is 13.8. The molecule has 1 aliphatic heterocycles. The average Bonchev–Trinajstić information content (AvgIpc) is 3.24. The second-order valence-corrected chi connectivity index (χ2v) is 6.74. The van der Waals surface area contributed by atoms with E-state index >= 15 is 0 Å². The Kier molecular flexibility index (Phi) is 3.89. The molecule has 9 nitrogen and oxygen atoms in total. The minimum atomic E-state index is -0.436. The number of aromatic nitrogens is 3. The molecule has 2 fully saturated rings. The molecule has 0 spiro atoms. The minimum Gasteiger partial charge on any atom is -0.361 e. The zero-order chi connectivity index (χ0) is 16.5. The van der Waals surface area contributed by atoms with E-state index in [0.29, 0.717) is 17.8 Å². The molecule has 0 aromatic carbocycles. The van der Waals surface area contributed by atoms with Gasteiger partial charge in [0.1, 0.15) is 6.20 Å². The van der Waals surface area contributed by atoms with Gasteiger partial charge in [-0.25, -0.2) is 9.97 Å². The molecule has 1 saturated heterocycles. The maximum absolute atomic E-state index is 11.1. The molecular weight excluding hydrogens is 330 g/mol. The largest absolute Gasteiger partial charge is 0.361 e. The normalized spacial score (nSPS) is 17.8. The summed E-state index contributed by atoms with van der Waals surface area (Å²) < 4.78 is 0. The second-order valence-electron chi connectivity index (χ2n) is 5.87. The summed E-state index contributed by atoms with van der Waals surface area (Å²) in [5, 5.41) is 17.3. The lowest BCUT2D eigenvalue weighted by Crippen LogP contribution is -2.47. The Hall–Kier alpha value is -2.49. The number of nitrogens with zero attached hydrogens (tertiary/aromatic N) is 6. The van der Waals surface area contributed by atoms with E-state index in [1.165, 1.54) is 6.20 Å². The average molecular weight is 347 g/mol. The molecule has 3 heterocycles. The first-order valence-corrected chi connectivity index (χ1v) is 8.76. The fourth-order valence-electron chi connectivity index (χ4n) is 2.65. The molecule has 0 bridgehead atoms. The first-order chi connectivity index (χ1) is 11.7. The van der Waals surface area contributed by atoms with Gasteiger partial charge in [-0.2, -0.15) is 4.98 Å². The molecule has 24 heavy (non-hydrogen) atoms. The third-order valence-corrected chi connectivity index (χ3v) is 4.96. The lowest BCUT2D eigenvalue weighted by molar-refractivity contribution is -0.384. The molecule has 1 aliphatic carbocycles. The summed E-state index contributed by atoms with van der Waals surface area (Å²) in [6.07, 6.45) is 5.17. The molecule has 0 radical (unpaired) electrons. The SMILES string of the molecule is O=[N+]([O-])c1cnc(N2CCN(c3nccs3)CC2)nc1NC1CC1. The van der Waals surface area contributed by atoms with Crippen molar-refractivity contribution < 1.29 is 4.92 Å². The van der Waals surface area contributed by atoms with Crippen LogP contribution < -0.4 is 15.1 Å². The number of piperazine rings is 1. The highest BCUT2D eigenvalue weighted by Crippen LogP contribution is 2.30. The fraction of sp³-hybridized carbons (Fsp3) is 0.500. The molecule has 2 aliphatic rings. The van der Waals surface area contributed by atoms with E-state index < -0.39 is 4.92 Å². The van der Waals surface area contributed by atoms with Gasteiger partial charge < -0.3 is 15.1 Å². The number of thiazole rings is 1. The van der Waals surface area contributed by atoms with Crippen LogP contribution in [0.3, 0.4) is 0 Å². The van der Waals surface area contributed by atoms with Crippen LogP contribution in [-0.4, -0.2) is 52.1 Å². The van der Waals surface area contributed by atoms with Gasteiger partial charge in [-0.3, -0.25) is 10.1 Å². The molecule has 1 N–H and O–H groups in total. The fourth-order valence-corrected chi connectivity index (χ4v) is 3.35. The first-order valence-electron chi connectivity index (χ1n) is 7.88. The van der Waals surface area contributed by atoms with Crippen LogP contribution in [0.5, 0.6) is 0 Å². The predicted octanol–water partition coefficient (Wildman–Crippen LogP) is 1.74. The Morgan fingerprint density at radius 3 is 2.58 bits per heavy atom. The molecule has 0 atom stereocenters. The summed E-state index contributed by atoms with van der Waals surface area (Å²) in [5.41, 5.74) is -0.0629. The van der Waals surface area contributed by atoms with Crippen LogP contribution in [0.15, 0.2) is 17.8 Å². The van der Waals surface area contributed by atoms with Crippen molar-refractivity contribution in [3.8, 4) is 0 Å². The Balaban J connectivity index is 1.49. The van der Waals surface area contributed by atoms with Gasteiger partial charge in [-0.15, -0.1) is 11.3 Å². The van der Waals surface area contributed by atoms with Gasteiger partial charge in [0.05, 0.1) is 4.92 Å². The van der Waals surface area contributed by atoms with Gasteiger partial charge in [0.15, 0.2) is 5.13 Å². The molecular formula is C14H17N7O2S. The highest BCUT2D eigenvalue weighted by Gasteiger charge is 2.28. The van der Waals surface area contributed by atoms with Gasteiger partial charge >= 0.3 is 5.69 Å². The third kappa shape index (κ3) is 3.09. The summed E-state index contributed by atoms with van der Waals surface area (Å²) in [4.78, 5) is 28.0. The van der Waals surface area contributed by atoms with E-state index in [1.807, 2.05) is 11.6 Å². The topological polar surface area (TPSA) is 100 Å². The van der Waals surface area contributed by atoms with Crippen molar-refractivity contribution in [2.24, 2.45) is 0 Å².